The van der Waals surface area contributed by atoms with E-state index in [0.717, 1.165) is 44.7 Å². The van der Waals surface area contributed by atoms with E-state index >= 15 is 0 Å². The van der Waals surface area contributed by atoms with Crippen molar-refractivity contribution in [3.63, 3.8) is 0 Å². The van der Waals surface area contributed by atoms with Crippen molar-refractivity contribution in [2.75, 3.05) is 32.8 Å². The van der Waals surface area contributed by atoms with E-state index in [1.54, 1.807) is 6.08 Å². The molecule has 1 unspecified atom stereocenters. The zero-order valence-corrected chi connectivity index (χ0v) is 16.5. The minimum atomic E-state index is -0.241. The molecule has 1 atom stereocenters. The number of rotatable bonds is 5. The summed E-state index contributed by atoms with van der Waals surface area (Å²) in [5, 5.41) is 4.37. The highest BCUT2D eigenvalue weighted by Crippen LogP contribution is 2.30. The monoisotopic (exact) mass is 380 g/mol. The maximum Gasteiger partial charge on any atom is 0.246 e. The van der Waals surface area contributed by atoms with Gasteiger partial charge in [-0.1, -0.05) is 30.3 Å². The average Bonchev–Trinajstić information content (AvgIpc) is 3.34. The van der Waals surface area contributed by atoms with Crippen molar-refractivity contribution in [1.82, 2.24) is 19.6 Å². The van der Waals surface area contributed by atoms with Gasteiger partial charge in [-0.15, -0.1) is 0 Å². The zero-order valence-electron chi connectivity index (χ0n) is 16.5. The minimum absolute atomic E-state index is 0.0608. The summed E-state index contributed by atoms with van der Waals surface area (Å²) < 4.78 is 8.14. The van der Waals surface area contributed by atoms with Crippen LogP contribution in [-0.2, 0) is 22.6 Å². The molecule has 3 heterocycles. The third kappa shape index (κ3) is 4.34. The quantitative estimate of drug-likeness (QED) is 0.748. The summed E-state index contributed by atoms with van der Waals surface area (Å²) in [5.74, 6) is 0.0608. The summed E-state index contributed by atoms with van der Waals surface area (Å²) in [7, 11) is 0. The number of hydrogen-bond donors (Lipinski definition) is 0. The summed E-state index contributed by atoms with van der Waals surface area (Å²) in [6.07, 6.45) is 8.51. The minimum Gasteiger partial charge on any atom is -0.370 e. The first-order valence-electron chi connectivity index (χ1n) is 10.1. The second-order valence-electron chi connectivity index (χ2n) is 7.70. The van der Waals surface area contributed by atoms with Crippen molar-refractivity contribution in [3.8, 4) is 0 Å². The normalized spacial score (nSPS) is 23.1. The lowest BCUT2D eigenvalue weighted by Gasteiger charge is -2.40. The number of carbonyl (C=O) groups excluding carboxylic acids is 1. The van der Waals surface area contributed by atoms with Gasteiger partial charge < -0.3 is 9.64 Å². The van der Waals surface area contributed by atoms with Gasteiger partial charge in [0, 0.05) is 50.6 Å². The van der Waals surface area contributed by atoms with Crippen LogP contribution < -0.4 is 0 Å². The van der Waals surface area contributed by atoms with Crippen molar-refractivity contribution in [2.45, 2.75) is 32.0 Å². The molecule has 1 amide bonds. The van der Waals surface area contributed by atoms with E-state index in [9.17, 15) is 4.79 Å². The summed E-state index contributed by atoms with van der Waals surface area (Å²) in [5.41, 5.74) is 2.03. The van der Waals surface area contributed by atoms with E-state index in [1.165, 1.54) is 5.56 Å². The Morgan fingerprint density at radius 3 is 2.89 bits per heavy atom. The summed E-state index contributed by atoms with van der Waals surface area (Å²) in [6.45, 7) is 7.76. The molecule has 0 saturated carbocycles. The van der Waals surface area contributed by atoms with E-state index < -0.39 is 0 Å². The Labute approximate surface area is 166 Å². The lowest BCUT2D eigenvalue weighted by molar-refractivity contribution is -0.130. The number of aryl methyl sites for hydroxylation is 1. The Balaban J connectivity index is 1.35. The molecule has 2 aliphatic heterocycles. The van der Waals surface area contributed by atoms with Crippen LogP contribution in [0.4, 0.5) is 0 Å². The predicted octanol–water partition coefficient (Wildman–Crippen LogP) is 2.42. The fourth-order valence-corrected chi connectivity index (χ4v) is 4.09. The van der Waals surface area contributed by atoms with Crippen molar-refractivity contribution in [3.05, 3.63) is 59.9 Å². The van der Waals surface area contributed by atoms with E-state index in [1.807, 2.05) is 52.2 Å². The molecule has 28 heavy (non-hydrogen) atoms. The molecule has 1 aromatic carbocycles. The SMILES string of the molecule is CCn1cc(CN2CCOC3(CCN(C(=O)/C=C/c4ccccc4)C3)C2)cn1. The number of ether oxygens (including phenoxy) is 1. The highest BCUT2D eigenvalue weighted by atomic mass is 16.5. The Morgan fingerprint density at radius 1 is 1.25 bits per heavy atom. The van der Waals surface area contributed by atoms with Gasteiger partial charge in [0.15, 0.2) is 0 Å². The van der Waals surface area contributed by atoms with E-state index in [0.29, 0.717) is 13.2 Å². The lowest BCUT2D eigenvalue weighted by atomic mass is 10.0. The van der Waals surface area contributed by atoms with Crippen LogP contribution in [0.2, 0.25) is 0 Å². The maximum atomic E-state index is 12.6. The fraction of sp³-hybridized carbons (Fsp3) is 0.455. The van der Waals surface area contributed by atoms with Crippen molar-refractivity contribution in [1.29, 1.82) is 0 Å². The number of hydrogen-bond acceptors (Lipinski definition) is 4. The first-order valence-corrected chi connectivity index (χ1v) is 10.1. The van der Waals surface area contributed by atoms with Gasteiger partial charge in [-0.25, -0.2) is 0 Å². The van der Waals surface area contributed by atoms with E-state index in [4.69, 9.17) is 4.74 Å². The number of aromatic nitrogens is 2. The predicted molar refractivity (Wildman–Crippen MR) is 109 cm³/mol. The average molecular weight is 380 g/mol. The van der Waals surface area contributed by atoms with Crippen molar-refractivity contribution >= 4 is 12.0 Å². The molecule has 2 aromatic rings. The Kier molecular flexibility index (Phi) is 5.59. The fourth-order valence-electron chi connectivity index (χ4n) is 4.09. The molecule has 2 saturated heterocycles. The molecule has 6 heteroatoms. The first-order chi connectivity index (χ1) is 13.7. The molecular formula is C22H28N4O2. The van der Waals surface area contributed by atoms with Gasteiger partial charge in [0.1, 0.15) is 5.60 Å². The molecule has 0 bridgehead atoms. The molecule has 6 nitrogen and oxygen atoms in total. The Morgan fingerprint density at radius 2 is 2.11 bits per heavy atom. The molecule has 0 radical (unpaired) electrons. The molecule has 0 aliphatic carbocycles. The van der Waals surface area contributed by atoms with E-state index in [-0.39, 0.29) is 11.5 Å². The second kappa shape index (κ2) is 8.29. The largest absolute Gasteiger partial charge is 0.370 e. The lowest BCUT2D eigenvalue weighted by Crippen LogP contribution is -2.53. The second-order valence-corrected chi connectivity index (χ2v) is 7.70. The molecular weight excluding hydrogens is 352 g/mol. The number of benzene rings is 1. The van der Waals surface area contributed by atoms with Crippen LogP contribution in [0, 0.1) is 0 Å². The summed E-state index contributed by atoms with van der Waals surface area (Å²) in [6, 6.07) is 9.92. The number of nitrogens with zero attached hydrogens (tertiary/aromatic N) is 4. The molecule has 148 valence electrons. The van der Waals surface area contributed by atoms with Gasteiger partial charge in [0.2, 0.25) is 5.91 Å². The third-order valence-corrected chi connectivity index (χ3v) is 5.59. The number of amides is 1. The van der Waals surface area contributed by atoms with Gasteiger partial charge in [0.25, 0.3) is 0 Å². The number of likely N-dealkylation sites (tertiary alicyclic amines) is 1. The number of carbonyl (C=O) groups is 1. The summed E-state index contributed by atoms with van der Waals surface area (Å²) >= 11 is 0. The summed E-state index contributed by atoms with van der Waals surface area (Å²) in [4.78, 5) is 17.0. The molecule has 2 fully saturated rings. The Bertz CT molecular complexity index is 832. The molecule has 1 aromatic heterocycles. The highest BCUT2D eigenvalue weighted by molar-refractivity contribution is 5.92. The molecule has 2 aliphatic rings. The van der Waals surface area contributed by atoms with Crippen LogP contribution in [-0.4, -0.2) is 63.9 Å². The van der Waals surface area contributed by atoms with Crippen LogP contribution in [0.25, 0.3) is 6.08 Å². The standard InChI is InChI=1S/C22H28N4O2/c1-2-26-16-20(14-23-26)15-24-12-13-28-22(17-24)10-11-25(18-22)21(27)9-8-19-6-4-3-5-7-19/h3-9,14,16H,2,10-13,15,17-18H2,1H3/b9-8+. The van der Waals surface area contributed by atoms with Crippen LogP contribution in [0.5, 0.6) is 0 Å². The molecule has 4 rings (SSSR count). The van der Waals surface area contributed by atoms with Crippen LogP contribution in [0.15, 0.2) is 48.8 Å². The van der Waals surface area contributed by atoms with Crippen molar-refractivity contribution < 1.29 is 9.53 Å². The first kappa shape index (κ1) is 18.9. The maximum absolute atomic E-state index is 12.6. The van der Waals surface area contributed by atoms with Crippen LogP contribution in [0.3, 0.4) is 0 Å². The van der Waals surface area contributed by atoms with Gasteiger partial charge in [0.05, 0.1) is 19.3 Å². The zero-order chi connectivity index (χ0) is 19.4. The van der Waals surface area contributed by atoms with Crippen molar-refractivity contribution in [2.24, 2.45) is 0 Å². The van der Waals surface area contributed by atoms with Gasteiger partial charge >= 0.3 is 0 Å². The van der Waals surface area contributed by atoms with Crippen LogP contribution >= 0.6 is 0 Å². The number of morpholine rings is 1. The van der Waals surface area contributed by atoms with Gasteiger partial charge in [-0.2, -0.15) is 5.10 Å². The molecule has 0 N–H and O–H groups in total. The smallest absolute Gasteiger partial charge is 0.246 e. The third-order valence-electron chi connectivity index (χ3n) is 5.59. The topological polar surface area (TPSA) is 50.6 Å². The molecule has 1 spiro atoms. The van der Waals surface area contributed by atoms with Crippen LogP contribution in [0.1, 0.15) is 24.5 Å². The van der Waals surface area contributed by atoms with E-state index in [2.05, 4.69) is 23.1 Å². The highest BCUT2D eigenvalue weighted by Gasteiger charge is 2.43. The Hall–Kier alpha value is -2.44. The van der Waals surface area contributed by atoms with Gasteiger partial charge in [-0.05, 0) is 25.0 Å². The van der Waals surface area contributed by atoms with Gasteiger partial charge in [-0.3, -0.25) is 14.4 Å².